The van der Waals surface area contributed by atoms with Gasteiger partial charge in [-0.2, -0.15) is 0 Å². The number of rotatable bonds is 50. The second-order valence-electron chi connectivity index (χ2n) is 18.5. The van der Waals surface area contributed by atoms with Gasteiger partial charge in [0.2, 0.25) is 0 Å². The molecule has 0 radical (unpaired) electrons. The molecule has 1 unspecified atom stereocenters. The molecule has 0 amide bonds. The number of carbonyl (C=O) groups excluding carboxylic acids is 3. The van der Waals surface area contributed by atoms with E-state index in [-0.39, 0.29) is 31.1 Å². The molecule has 0 aliphatic heterocycles. The topological polar surface area (TPSA) is 78.9 Å². The fraction of sp³-hybridized carbons (Fsp3) is 0.721. The minimum absolute atomic E-state index is 0.0912. The van der Waals surface area contributed by atoms with Crippen LogP contribution in [-0.4, -0.2) is 37.2 Å². The third-order valence-corrected chi connectivity index (χ3v) is 11.8. The Morgan fingerprint density at radius 2 is 0.567 bits per heavy atom. The van der Waals surface area contributed by atoms with E-state index in [2.05, 4.69) is 106 Å². The molecule has 0 bridgehead atoms. The maximum absolute atomic E-state index is 12.8. The Bertz CT molecular complexity index is 1300. The third-order valence-electron chi connectivity index (χ3n) is 11.8. The van der Waals surface area contributed by atoms with Crippen LogP contribution in [0.2, 0.25) is 0 Å². The Balaban J connectivity index is 4.35. The maximum atomic E-state index is 12.8. The predicted molar refractivity (Wildman–Crippen MR) is 288 cm³/mol. The van der Waals surface area contributed by atoms with E-state index < -0.39 is 6.10 Å². The van der Waals surface area contributed by atoms with Crippen LogP contribution < -0.4 is 0 Å². The summed E-state index contributed by atoms with van der Waals surface area (Å²) >= 11 is 0. The van der Waals surface area contributed by atoms with E-state index in [1.54, 1.807) is 0 Å². The smallest absolute Gasteiger partial charge is 0.306 e. The molecule has 0 saturated carbocycles. The lowest BCUT2D eigenvalue weighted by molar-refractivity contribution is -0.167. The molecule has 0 rings (SSSR count). The first-order valence-corrected chi connectivity index (χ1v) is 28.1. The number of carbonyl (C=O) groups is 3. The van der Waals surface area contributed by atoms with Gasteiger partial charge in [0, 0.05) is 19.3 Å². The maximum Gasteiger partial charge on any atom is 0.306 e. The molecule has 1 atom stereocenters. The first-order valence-electron chi connectivity index (χ1n) is 28.1. The van der Waals surface area contributed by atoms with Crippen molar-refractivity contribution < 1.29 is 28.6 Å². The number of esters is 3. The zero-order chi connectivity index (χ0) is 48.6. The molecule has 6 heteroatoms. The van der Waals surface area contributed by atoms with Gasteiger partial charge in [-0.3, -0.25) is 14.4 Å². The Morgan fingerprint density at radius 3 is 0.896 bits per heavy atom. The highest BCUT2D eigenvalue weighted by Crippen LogP contribution is 2.14. The van der Waals surface area contributed by atoms with Crippen molar-refractivity contribution in [3.63, 3.8) is 0 Å². The molecule has 6 nitrogen and oxygen atoms in total. The SMILES string of the molecule is CCC/C=C\C/C=C\CCCCCCCC(=O)OCC(COC(=O)CCCCCCCCCC/C=C\C/C=C\C/C=C\CCCCCCC)OC(=O)CCCCCCC/C=C\C/C=C\CCC. The van der Waals surface area contributed by atoms with E-state index in [0.717, 1.165) is 141 Å². The Hall–Kier alpha value is -3.41. The first kappa shape index (κ1) is 63.6. The standard InChI is InChI=1S/C61H104O6/c1-4-7-10-13-16-19-22-25-26-27-28-29-30-31-32-33-34-37-39-42-45-48-51-54-60(63)66-57-58(67-61(64)55-52-49-46-43-40-36-24-21-18-15-12-9-6-3)56-65-59(62)53-50-47-44-41-38-35-23-20-17-14-11-8-5-2/h11-12,14-15,20-25,27-28,30-31,58H,4-10,13,16-19,26,29,32-57H2,1-3H3/b14-11-,15-12-,23-20-,24-21-,25-22-,28-27-,31-30-. The molecule has 0 N–H and O–H groups in total. The van der Waals surface area contributed by atoms with Gasteiger partial charge in [0.25, 0.3) is 0 Å². The van der Waals surface area contributed by atoms with Crippen LogP contribution in [0.5, 0.6) is 0 Å². The number of hydrogen-bond donors (Lipinski definition) is 0. The lowest BCUT2D eigenvalue weighted by atomic mass is 10.1. The van der Waals surface area contributed by atoms with Crippen LogP contribution in [0.1, 0.15) is 265 Å². The molecule has 384 valence electrons. The lowest BCUT2D eigenvalue weighted by Gasteiger charge is -2.18. The Kier molecular flexibility index (Phi) is 52.4. The van der Waals surface area contributed by atoms with Gasteiger partial charge in [0.05, 0.1) is 0 Å². The summed E-state index contributed by atoms with van der Waals surface area (Å²) in [5.74, 6) is -0.925. The van der Waals surface area contributed by atoms with Crippen LogP contribution in [-0.2, 0) is 28.6 Å². The van der Waals surface area contributed by atoms with E-state index in [1.807, 2.05) is 0 Å². The van der Waals surface area contributed by atoms with Crippen molar-refractivity contribution in [2.24, 2.45) is 0 Å². The summed E-state index contributed by atoms with van der Waals surface area (Å²) in [6.45, 7) is 6.47. The molecular weight excluding hydrogens is 829 g/mol. The first-order chi connectivity index (χ1) is 33.0. The van der Waals surface area contributed by atoms with Crippen molar-refractivity contribution >= 4 is 17.9 Å². The van der Waals surface area contributed by atoms with Gasteiger partial charge in [0.1, 0.15) is 13.2 Å². The summed E-state index contributed by atoms with van der Waals surface area (Å²) in [6.07, 6.45) is 71.4. The molecule has 0 heterocycles. The van der Waals surface area contributed by atoms with Gasteiger partial charge in [-0.15, -0.1) is 0 Å². The van der Waals surface area contributed by atoms with Crippen molar-refractivity contribution in [3.8, 4) is 0 Å². The van der Waals surface area contributed by atoms with Crippen LogP contribution in [0.3, 0.4) is 0 Å². The highest BCUT2D eigenvalue weighted by molar-refractivity contribution is 5.71. The van der Waals surface area contributed by atoms with Crippen LogP contribution in [0, 0.1) is 0 Å². The third kappa shape index (κ3) is 53.4. The average Bonchev–Trinajstić information content (AvgIpc) is 3.33. The van der Waals surface area contributed by atoms with Crippen molar-refractivity contribution in [2.45, 2.75) is 271 Å². The molecular formula is C61H104O6. The summed E-state index contributed by atoms with van der Waals surface area (Å²) in [7, 11) is 0. The normalized spacial score (nSPS) is 12.7. The number of unbranched alkanes of at least 4 members (excludes halogenated alkanes) is 25. The molecule has 0 aliphatic carbocycles. The molecule has 67 heavy (non-hydrogen) atoms. The number of allylic oxidation sites excluding steroid dienone is 14. The molecule has 0 aromatic carbocycles. The van der Waals surface area contributed by atoms with Crippen LogP contribution >= 0.6 is 0 Å². The Labute approximate surface area is 414 Å². The highest BCUT2D eigenvalue weighted by atomic mass is 16.6. The molecule has 0 aromatic rings. The van der Waals surface area contributed by atoms with Gasteiger partial charge in [-0.25, -0.2) is 0 Å². The van der Waals surface area contributed by atoms with E-state index >= 15 is 0 Å². The fourth-order valence-electron chi connectivity index (χ4n) is 7.58. The summed E-state index contributed by atoms with van der Waals surface area (Å²) in [5, 5.41) is 0. The largest absolute Gasteiger partial charge is 0.462 e. The minimum Gasteiger partial charge on any atom is -0.462 e. The van der Waals surface area contributed by atoms with Crippen LogP contribution in [0.15, 0.2) is 85.1 Å². The van der Waals surface area contributed by atoms with Crippen molar-refractivity contribution in [1.29, 1.82) is 0 Å². The van der Waals surface area contributed by atoms with Gasteiger partial charge in [0.15, 0.2) is 6.10 Å². The second-order valence-corrected chi connectivity index (χ2v) is 18.5. The summed E-state index contributed by atoms with van der Waals surface area (Å²) in [6, 6.07) is 0. The quantitative estimate of drug-likeness (QED) is 0.0262. The highest BCUT2D eigenvalue weighted by Gasteiger charge is 2.19. The van der Waals surface area contributed by atoms with Gasteiger partial charge in [-0.05, 0) is 109 Å². The van der Waals surface area contributed by atoms with Gasteiger partial charge >= 0.3 is 17.9 Å². The van der Waals surface area contributed by atoms with Crippen LogP contribution in [0.4, 0.5) is 0 Å². The van der Waals surface area contributed by atoms with Gasteiger partial charge < -0.3 is 14.2 Å². The van der Waals surface area contributed by atoms with E-state index in [4.69, 9.17) is 14.2 Å². The van der Waals surface area contributed by atoms with E-state index in [9.17, 15) is 14.4 Å². The lowest BCUT2D eigenvalue weighted by Crippen LogP contribution is -2.30. The zero-order valence-electron chi connectivity index (χ0n) is 43.9. The molecule has 0 saturated heterocycles. The average molecular weight is 933 g/mol. The zero-order valence-corrected chi connectivity index (χ0v) is 43.9. The molecule has 0 aliphatic rings. The van der Waals surface area contributed by atoms with E-state index in [0.29, 0.717) is 19.3 Å². The van der Waals surface area contributed by atoms with Crippen molar-refractivity contribution in [1.82, 2.24) is 0 Å². The Morgan fingerprint density at radius 1 is 0.299 bits per heavy atom. The van der Waals surface area contributed by atoms with E-state index in [1.165, 1.54) is 83.5 Å². The van der Waals surface area contributed by atoms with Crippen molar-refractivity contribution in [3.05, 3.63) is 85.1 Å². The minimum atomic E-state index is -0.793. The fourth-order valence-corrected chi connectivity index (χ4v) is 7.58. The second kappa shape index (κ2) is 55.2. The van der Waals surface area contributed by atoms with Gasteiger partial charge in [-0.1, -0.05) is 221 Å². The number of hydrogen-bond acceptors (Lipinski definition) is 6. The molecule has 0 aromatic heterocycles. The summed E-state index contributed by atoms with van der Waals surface area (Å²) in [5.41, 5.74) is 0. The predicted octanol–water partition coefficient (Wildman–Crippen LogP) is 18.8. The summed E-state index contributed by atoms with van der Waals surface area (Å²) in [4.78, 5) is 38.1. The summed E-state index contributed by atoms with van der Waals surface area (Å²) < 4.78 is 16.8. The van der Waals surface area contributed by atoms with Crippen molar-refractivity contribution in [2.75, 3.05) is 13.2 Å². The van der Waals surface area contributed by atoms with Crippen LogP contribution in [0.25, 0.3) is 0 Å². The molecule has 0 fully saturated rings. The molecule has 0 spiro atoms. The monoisotopic (exact) mass is 933 g/mol. The number of ether oxygens (including phenoxy) is 3.